The fourth-order valence-corrected chi connectivity index (χ4v) is 3.50. The van der Waals surface area contributed by atoms with Crippen molar-refractivity contribution in [1.29, 1.82) is 0 Å². The predicted molar refractivity (Wildman–Crippen MR) is 84.9 cm³/mol. The highest BCUT2D eigenvalue weighted by molar-refractivity contribution is 5.83. The number of ether oxygens (including phenoxy) is 1. The first kappa shape index (κ1) is 13.6. The van der Waals surface area contributed by atoms with E-state index in [0.717, 1.165) is 5.92 Å². The maximum atomic E-state index is 5.79. The maximum absolute atomic E-state index is 5.79. The quantitative estimate of drug-likeness (QED) is 0.711. The van der Waals surface area contributed by atoms with Crippen LogP contribution < -0.4 is 0 Å². The summed E-state index contributed by atoms with van der Waals surface area (Å²) in [5.41, 5.74) is 1.33. The lowest BCUT2D eigenvalue weighted by Gasteiger charge is -2.26. The second kappa shape index (κ2) is 6.41. The van der Waals surface area contributed by atoms with Gasteiger partial charge in [-0.15, -0.1) is 0 Å². The fraction of sp³-hybridized carbons (Fsp3) is 0.474. The summed E-state index contributed by atoms with van der Waals surface area (Å²) in [7, 11) is 1.85. The number of rotatable bonds is 4. The highest BCUT2D eigenvalue weighted by Crippen LogP contribution is 2.34. The maximum Gasteiger partial charge on any atom is 0.0824 e. The van der Waals surface area contributed by atoms with Crippen molar-refractivity contribution in [3.8, 4) is 0 Å². The standard InChI is InChI=1S/C19H24O/c1-20-19(13-15-7-3-2-4-8-15)18-12-11-16-9-5-6-10-17(16)14-18/h5-6,9-12,14-15,19H,2-4,7-8,13H2,1H3/t19-/m1/s1. The van der Waals surface area contributed by atoms with Gasteiger partial charge in [0.15, 0.2) is 0 Å². The molecule has 106 valence electrons. The molecule has 1 heteroatoms. The monoisotopic (exact) mass is 268 g/mol. The molecule has 1 aliphatic carbocycles. The van der Waals surface area contributed by atoms with Crippen LogP contribution in [0.4, 0.5) is 0 Å². The van der Waals surface area contributed by atoms with E-state index in [-0.39, 0.29) is 6.10 Å². The molecule has 0 aromatic heterocycles. The number of fused-ring (bicyclic) bond motifs is 1. The Hall–Kier alpha value is -1.34. The molecule has 0 heterocycles. The van der Waals surface area contributed by atoms with Gasteiger partial charge in [-0.05, 0) is 34.7 Å². The average Bonchev–Trinajstić information content (AvgIpc) is 2.53. The third kappa shape index (κ3) is 3.04. The van der Waals surface area contributed by atoms with Crippen LogP contribution in [0.15, 0.2) is 42.5 Å². The molecular weight excluding hydrogens is 244 g/mol. The highest BCUT2D eigenvalue weighted by Gasteiger charge is 2.20. The highest BCUT2D eigenvalue weighted by atomic mass is 16.5. The molecule has 0 spiro atoms. The molecule has 0 N–H and O–H groups in total. The van der Waals surface area contributed by atoms with E-state index in [4.69, 9.17) is 4.74 Å². The Morgan fingerprint density at radius 2 is 1.75 bits per heavy atom. The normalized spacial score (nSPS) is 18.2. The largest absolute Gasteiger partial charge is 0.377 e. The molecule has 1 nitrogen and oxygen atoms in total. The molecule has 1 fully saturated rings. The van der Waals surface area contributed by atoms with Crippen molar-refractivity contribution < 1.29 is 4.74 Å². The van der Waals surface area contributed by atoms with Crippen LogP contribution in [0.5, 0.6) is 0 Å². The van der Waals surface area contributed by atoms with Crippen molar-refractivity contribution in [2.24, 2.45) is 5.92 Å². The van der Waals surface area contributed by atoms with Crippen molar-refractivity contribution in [1.82, 2.24) is 0 Å². The molecule has 1 aliphatic rings. The van der Waals surface area contributed by atoms with Gasteiger partial charge in [0.05, 0.1) is 6.10 Å². The van der Waals surface area contributed by atoms with Crippen LogP contribution in [0.1, 0.15) is 50.2 Å². The van der Waals surface area contributed by atoms with Gasteiger partial charge in [0.1, 0.15) is 0 Å². The van der Waals surface area contributed by atoms with Crippen LogP contribution >= 0.6 is 0 Å². The second-order valence-corrected chi connectivity index (χ2v) is 6.07. The Kier molecular flexibility index (Phi) is 4.37. The van der Waals surface area contributed by atoms with Gasteiger partial charge in [0.2, 0.25) is 0 Å². The van der Waals surface area contributed by atoms with Gasteiger partial charge in [0, 0.05) is 7.11 Å². The van der Waals surface area contributed by atoms with E-state index in [0.29, 0.717) is 0 Å². The van der Waals surface area contributed by atoms with E-state index in [1.807, 2.05) is 7.11 Å². The fourth-order valence-electron chi connectivity index (χ4n) is 3.50. The molecule has 0 amide bonds. The van der Waals surface area contributed by atoms with E-state index in [2.05, 4.69) is 42.5 Å². The first-order valence-electron chi connectivity index (χ1n) is 7.88. The lowest BCUT2D eigenvalue weighted by atomic mass is 9.84. The second-order valence-electron chi connectivity index (χ2n) is 6.07. The number of methoxy groups -OCH3 is 1. The van der Waals surface area contributed by atoms with Gasteiger partial charge in [-0.1, -0.05) is 68.5 Å². The van der Waals surface area contributed by atoms with Gasteiger partial charge >= 0.3 is 0 Å². The minimum absolute atomic E-state index is 0.253. The zero-order valence-corrected chi connectivity index (χ0v) is 12.3. The summed E-state index contributed by atoms with van der Waals surface area (Å²) < 4.78 is 5.79. The summed E-state index contributed by atoms with van der Waals surface area (Å²) in [4.78, 5) is 0. The number of benzene rings is 2. The van der Waals surface area contributed by atoms with Crippen molar-refractivity contribution in [3.05, 3.63) is 48.0 Å². The van der Waals surface area contributed by atoms with Gasteiger partial charge in [-0.3, -0.25) is 0 Å². The van der Waals surface area contributed by atoms with E-state index in [9.17, 15) is 0 Å². The van der Waals surface area contributed by atoms with Crippen LogP contribution in [0.3, 0.4) is 0 Å². The Morgan fingerprint density at radius 1 is 1.00 bits per heavy atom. The van der Waals surface area contributed by atoms with Crippen LogP contribution in [0, 0.1) is 5.92 Å². The predicted octanol–water partition coefficient (Wildman–Crippen LogP) is 5.50. The molecule has 0 radical (unpaired) electrons. The lowest BCUT2D eigenvalue weighted by Crippen LogP contribution is -2.12. The zero-order valence-electron chi connectivity index (χ0n) is 12.3. The SMILES string of the molecule is CO[C@H](CC1CCCCC1)c1ccc2ccccc2c1. The molecule has 0 saturated heterocycles. The number of hydrogen-bond donors (Lipinski definition) is 0. The lowest BCUT2D eigenvalue weighted by molar-refractivity contribution is 0.0734. The molecule has 0 unspecified atom stereocenters. The third-order valence-corrected chi connectivity index (χ3v) is 4.70. The minimum atomic E-state index is 0.253. The smallest absolute Gasteiger partial charge is 0.0824 e. The van der Waals surface area contributed by atoms with Crippen molar-refractivity contribution in [2.45, 2.75) is 44.6 Å². The van der Waals surface area contributed by atoms with Crippen molar-refractivity contribution in [2.75, 3.05) is 7.11 Å². The summed E-state index contributed by atoms with van der Waals surface area (Å²) in [6, 6.07) is 15.3. The van der Waals surface area contributed by atoms with E-state index in [1.165, 1.54) is 54.9 Å². The summed E-state index contributed by atoms with van der Waals surface area (Å²) in [5.74, 6) is 0.847. The van der Waals surface area contributed by atoms with E-state index < -0.39 is 0 Å². The molecule has 1 saturated carbocycles. The molecule has 2 aromatic carbocycles. The van der Waals surface area contributed by atoms with Crippen LogP contribution in [-0.2, 0) is 4.74 Å². The number of hydrogen-bond acceptors (Lipinski definition) is 1. The summed E-state index contributed by atoms with van der Waals surface area (Å²) >= 11 is 0. The summed E-state index contributed by atoms with van der Waals surface area (Å²) in [6.07, 6.45) is 8.42. The molecular formula is C19H24O. The summed E-state index contributed by atoms with van der Waals surface area (Å²) in [5, 5.41) is 2.62. The first-order chi connectivity index (χ1) is 9.86. The van der Waals surface area contributed by atoms with Crippen LogP contribution in [-0.4, -0.2) is 7.11 Å². The first-order valence-corrected chi connectivity index (χ1v) is 7.88. The summed E-state index contributed by atoms with van der Waals surface area (Å²) in [6.45, 7) is 0. The van der Waals surface area contributed by atoms with Gasteiger partial charge in [-0.2, -0.15) is 0 Å². The molecule has 20 heavy (non-hydrogen) atoms. The Balaban J connectivity index is 1.79. The van der Waals surface area contributed by atoms with Crippen LogP contribution in [0.25, 0.3) is 10.8 Å². The Morgan fingerprint density at radius 3 is 2.50 bits per heavy atom. The molecule has 0 aliphatic heterocycles. The Bertz CT molecular complexity index is 554. The van der Waals surface area contributed by atoms with Gasteiger partial charge in [-0.25, -0.2) is 0 Å². The average molecular weight is 268 g/mol. The van der Waals surface area contributed by atoms with E-state index in [1.54, 1.807) is 0 Å². The van der Waals surface area contributed by atoms with Crippen molar-refractivity contribution >= 4 is 10.8 Å². The topological polar surface area (TPSA) is 9.23 Å². The molecule has 0 bridgehead atoms. The minimum Gasteiger partial charge on any atom is -0.377 e. The third-order valence-electron chi connectivity index (χ3n) is 4.70. The van der Waals surface area contributed by atoms with Gasteiger partial charge in [0.25, 0.3) is 0 Å². The zero-order chi connectivity index (χ0) is 13.8. The molecule has 2 aromatic rings. The van der Waals surface area contributed by atoms with E-state index >= 15 is 0 Å². The Labute approximate surface area is 122 Å². The molecule has 1 atom stereocenters. The van der Waals surface area contributed by atoms with Crippen LogP contribution in [0.2, 0.25) is 0 Å². The van der Waals surface area contributed by atoms with Crippen molar-refractivity contribution in [3.63, 3.8) is 0 Å². The van der Waals surface area contributed by atoms with Gasteiger partial charge < -0.3 is 4.74 Å². The molecule has 3 rings (SSSR count).